The van der Waals surface area contributed by atoms with Crippen molar-refractivity contribution in [3.63, 3.8) is 0 Å². The normalized spacial score (nSPS) is 15.6. The van der Waals surface area contributed by atoms with Crippen LogP contribution in [0.4, 0.5) is 13.2 Å². The summed E-state index contributed by atoms with van der Waals surface area (Å²) >= 11 is 0. The number of halogens is 3. The number of nitrogens with one attached hydrogen (secondary N) is 1. The summed E-state index contributed by atoms with van der Waals surface area (Å²) in [7, 11) is 0. The molecule has 8 heteroatoms. The molecule has 0 radical (unpaired) electrons. The lowest BCUT2D eigenvalue weighted by Crippen LogP contribution is -2.29. The fraction of sp³-hybridized carbons (Fsp3) is 0.296. The Kier molecular flexibility index (Phi) is 5.62. The molecule has 1 aliphatic carbocycles. The van der Waals surface area contributed by atoms with Crippen molar-refractivity contribution in [3.05, 3.63) is 88.4 Å². The number of hydrogen-bond donors (Lipinski definition) is 1. The zero-order valence-electron chi connectivity index (χ0n) is 19.6. The number of alkyl halides is 3. The Bertz CT molecular complexity index is 1440. The first kappa shape index (κ1) is 23.1. The second-order valence-electron chi connectivity index (χ2n) is 9.25. The highest BCUT2D eigenvalue weighted by Crippen LogP contribution is 2.36. The Balaban J connectivity index is 1.57. The van der Waals surface area contributed by atoms with Gasteiger partial charge in [0.2, 0.25) is 0 Å². The van der Waals surface area contributed by atoms with Gasteiger partial charge in [-0.1, -0.05) is 50.2 Å². The van der Waals surface area contributed by atoms with Gasteiger partial charge in [0.05, 0.1) is 28.6 Å². The van der Waals surface area contributed by atoms with E-state index >= 15 is 0 Å². The van der Waals surface area contributed by atoms with Crippen LogP contribution in [0.15, 0.2) is 54.7 Å². The summed E-state index contributed by atoms with van der Waals surface area (Å²) in [5.41, 5.74) is 4.59. The number of fused-ring (bicyclic) bond motifs is 2. The lowest BCUT2D eigenvalue weighted by molar-refractivity contribution is -0.137. The van der Waals surface area contributed by atoms with Gasteiger partial charge in [0, 0.05) is 11.8 Å². The van der Waals surface area contributed by atoms with Gasteiger partial charge in [-0.2, -0.15) is 18.3 Å². The topological polar surface area (TPSA) is 59.3 Å². The summed E-state index contributed by atoms with van der Waals surface area (Å²) in [5.74, 6) is -0.315. The predicted molar refractivity (Wildman–Crippen MR) is 127 cm³/mol. The molecule has 35 heavy (non-hydrogen) atoms. The van der Waals surface area contributed by atoms with Crippen LogP contribution in [0.3, 0.4) is 0 Å². The molecule has 2 aromatic heterocycles. The molecule has 0 aliphatic heterocycles. The summed E-state index contributed by atoms with van der Waals surface area (Å²) in [5, 5.41) is 7.75. The van der Waals surface area contributed by atoms with E-state index in [1.807, 2.05) is 32.0 Å². The Morgan fingerprint density at radius 3 is 2.66 bits per heavy atom. The summed E-state index contributed by atoms with van der Waals surface area (Å²) in [6.07, 6.45) is -1.20. The Morgan fingerprint density at radius 1 is 1.14 bits per heavy atom. The molecule has 5 nitrogen and oxygen atoms in total. The monoisotopic (exact) mass is 478 g/mol. The van der Waals surface area contributed by atoms with Gasteiger partial charge in [-0.05, 0) is 54.5 Å². The standard InChI is InChI=1S/C27H25F3N4O/c1-15(2)24-21(26(35)32-22-12-11-17-7-4-5-10-20(17)22)14-31-25-23(16(3)33-34(24)25)18-8-6-9-19(13-18)27(28,29)30/h4-10,13-15,22H,11-12H2,1-3H3,(H,32,35)/t22-/m0/s1. The van der Waals surface area contributed by atoms with E-state index in [4.69, 9.17) is 0 Å². The zero-order valence-corrected chi connectivity index (χ0v) is 19.6. The van der Waals surface area contributed by atoms with Crippen LogP contribution < -0.4 is 5.32 Å². The molecule has 0 saturated heterocycles. The van der Waals surface area contributed by atoms with Crippen LogP contribution in [0, 0.1) is 6.92 Å². The van der Waals surface area contributed by atoms with E-state index in [0.717, 1.165) is 30.5 Å². The van der Waals surface area contributed by atoms with Crippen LogP contribution in [0.1, 0.15) is 70.7 Å². The number of aryl methyl sites for hydroxylation is 2. The maximum atomic E-state index is 13.4. The molecule has 0 saturated carbocycles. The maximum absolute atomic E-state index is 13.4. The molecule has 2 aromatic carbocycles. The minimum Gasteiger partial charge on any atom is -0.345 e. The van der Waals surface area contributed by atoms with Crippen LogP contribution in [-0.4, -0.2) is 20.5 Å². The number of carbonyl (C=O) groups is 1. The highest BCUT2D eigenvalue weighted by molar-refractivity contribution is 5.96. The van der Waals surface area contributed by atoms with Crippen LogP contribution in [0.5, 0.6) is 0 Å². The number of benzene rings is 2. The molecule has 5 rings (SSSR count). The maximum Gasteiger partial charge on any atom is 0.416 e. The first-order chi connectivity index (χ1) is 16.6. The summed E-state index contributed by atoms with van der Waals surface area (Å²) in [6.45, 7) is 5.65. The molecule has 1 N–H and O–H groups in total. The smallest absolute Gasteiger partial charge is 0.345 e. The third-order valence-electron chi connectivity index (χ3n) is 6.56. The van der Waals surface area contributed by atoms with Crippen molar-refractivity contribution >= 4 is 11.6 Å². The van der Waals surface area contributed by atoms with E-state index in [1.165, 1.54) is 17.8 Å². The molecule has 180 valence electrons. The van der Waals surface area contributed by atoms with Gasteiger partial charge in [-0.15, -0.1) is 0 Å². The lowest BCUT2D eigenvalue weighted by atomic mass is 10.0. The predicted octanol–water partition coefficient (Wildman–Crippen LogP) is 6.26. The fourth-order valence-electron chi connectivity index (χ4n) is 4.97. The van der Waals surface area contributed by atoms with Gasteiger partial charge in [-0.25, -0.2) is 9.50 Å². The van der Waals surface area contributed by atoms with Crippen LogP contribution >= 0.6 is 0 Å². The van der Waals surface area contributed by atoms with Crippen LogP contribution in [0.25, 0.3) is 16.8 Å². The molecule has 1 aliphatic rings. The molecular formula is C27H25F3N4O. The molecule has 4 aromatic rings. The molecule has 0 fully saturated rings. The zero-order chi connectivity index (χ0) is 24.9. The first-order valence-electron chi connectivity index (χ1n) is 11.6. The van der Waals surface area contributed by atoms with Crippen molar-refractivity contribution in [2.24, 2.45) is 0 Å². The Labute approximate surface area is 201 Å². The fourth-order valence-corrected chi connectivity index (χ4v) is 4.97. The van der Waals surface area contributed by atoms with Crippen LogP contribution in [-0.2, 0) is 12.6 Å². The van der Waals surface area contributed by atoms with E-state index in [1.54, 1.807) is 17.5 Å². The Hall–Kier alpha value is -3.68. The van der Waals surface area contributed by atoms with Gasteiger partial charge in [0.15, 0.2) is 5.65 Å². The number of carbonyl (C=O) groups excluding carboxylic acids is 1. The first-order valence-corrected chi connectivity index (χ1v) is 11.6. The molecular weight excluding hydrogens is 453 g/mol. The van der Waals surface area contributed by atoms with Gasteiger partial charge in [0.25, 0.3) is 5.91 Å². The summed E-state index contributed by atoms with van der Waals surface area (Å²) in [4.78, 5) is 17.9. The van der Waals surface area contributed by atoms with Crippen molar-refractivity contribution < 1.29 is 18.0 Å². The number of amides is 1. The minimum absolute atomic E-state index is 0.0746. The van der Waals surface area contributed by atoms with E-state index in [9.17, 15) is 18.0 Å². The highest BCUT2D eigenvalue weighted by Gasteiger charge is 2.31. The average Bonchev–Trinajstić information content (AvgIpc) is 3.37. The van der Waals surface area contributed by atoms with E-state index in [0.29, 0.717) is 33.7 Å². The lowest BCUT2D eigenvalue weighted by Gasteiger charge is -2.18. The third-order valence-corrected chi connectivity index (χ3v) is 6.56. The average molecular weight is 479 g/mol. The highest BCUT2D eigenvalue weighted by atomic mass is 19.4. The number of hydrogen-bond acceptors (Lipinski definition) is 3. The summed E-state index contributed by atoms with van der Waals surface area (Å²) in [6, 6.07) is 13.2. The molecule has 0 unspecified atom stereocenters. The molecule has 1 amide bonds. The van der Waals surface area contributed by atoms with E-state index < -0.39 is 11.7 Å². The van der Waals surface area contributed by atoms with Crippen molar-refractivity contribution in [3.8, 4) is 11.1 Å². The van der Waals surface area contributed by atoms with Crippen molar-refractivity contribution in [1.82, 2.24) is 19.9 Å². The quantitative estimate of drug-likeness (QED) is 0.376. The van der Waals surface area contributed by atoms with Crippen LogP contribution in [0.2, 0.25) is 0 Å². The van der Waals surface area contributed by atoms with Crippen molar-refractivity contribution in [2.75, 3.05) is 0 Å². The second-order valence-corrected chi connectivity index (χ2v) is 9.25. The SMILES string of the molecule is Cc1nn2c(C(C)C)c(C(=O)N[C@H]3CCc4ccccc43)cnc2c1-c1cccc(C(F)(F)F)c1. The number of nitrogens with zero attached hydrogens (tertiary/aromatic N) is 3. The number of rotatable bonds is 4. The molecule has 2 heterocycles. The van der Waals surface area contributed by atoms with Crippen molar-refractivity contribution in [2.45, 2.75) is 51.7 Å². The van der Waals surface area contributed by atoms with Crippen molar-refractivity contribution in [1.29, 1.82) is 0 Å². The summed E-state index contributed by atoms with van der Waals surface area (Å²) < 4.78 is 41.5. The number of aromatic nitrogens is 3. The van der Waals surface area contributed by atoms with Gasteiger partial charge in [0.1, 0.15) is 0 Å². The molecule has 0 spiro atoms. The van der Waals surface area contributed by atoms with Gasteiger partial charge < -0.3 is 5.32 Å². The molecule has 0 bridgehead atoms. The third kappa shape index (κ3) is 4.07. The van der Waals surface area contributed by atoms with Gasteiger partial charge >= 0.3 is 6.18 Å². The molecule has 1 atom stereocenters. The van der Waals surface area contributed by atoms with E-state index in [2.05, 4.69) is 21.5 Å². The largest absolute Gasteiger partial charge is 0.416 e. The second kappa shape index (κ2) is 8.52. The Morgan fingerprint density at radius 2 is 1.91 bits per heavy atom. The van der Waals surface area contributed by atoms with Gasteiger partial charge in [-0.3, -0.25) is 4.79 Å². The van der Waals surface area contributed by atoms with E-state index in [-0.39, 0.29) is 17.9 Å². The minimum atomic E-state index is -4.45.